The highest BCUT2D eigenvalue weighted by molar-refractivity contribution is 5.72. The van der Waals surface area contributed by atoms with Crippen LogP contribution in [0.1, 0.15) is 32.6 Å². The molecule has 0 unspecified atom stereocenters. The maximum Gasteiger partial charge on any atom is 0.310 e. The first kappa shape index (κ1) is 23.3. The molecule has 0 N–H and O–H groups in total. The lowest BCUT2D eigenvalue weighted by Crippen LogP contribution is -2.39. The third-order valence-electron chi connectivity index (χ3n) is 5.73. The van der Waals surface area contributed by atoms with Crippen LogP contribution in [-0.2, 0) is 14.3 Å². The highest BCUT2D eigenvalue weighted by Crippen LogP contribution is 2.24. The molecule has 1 saturated heterocycles. The van der Waals surface area contributed by atoms with Crippen molar-refractivity contribution in [1.29, 1.82) is 0 Å². The van der Waals surface area contributed by atoms with Crippen LogP contribution in [0.4, 0.5) is 11.4 Å². The van der Waals surface area contributed by atoms with Gasteiger partial charge in [-0.2, -0.15) is 0 Å². The van der Waals surface area contributed by atoms with Crippen molar-refractivity contribution in [2.24, 2.45) is 5.92 Å². The molecule has 3 rings (SSSR count). The SMILES string of the molecule is CCOC(=O)[C@@H]1CCCN(CCCCOCCN(c2ccccc2)c2ccccc2)C1. The minimum Gasteiger partial charge on any atom is -0.466 e. The number of unbranched alkanes of at least 4 members (excludes halogenated alkanes) is 1. The Balaban J connectivity index is 1.34. The van der Waals surface area contributed by atoms with E-state index in [4.69, 9.17) is 9.47 Å². The molecule has 0 amide bonds. The van der Waals surface area contributed by atoms with Crippen LogP contribution in [-0.4, -0.2) is 56.9 Å². The largest absolute Gasteiger partial charge is 0.466 e. The smallest absolute Gasteiger partial charge is 0.310 e. The Morgan fingerprint density at radius 2 is 1.68 bits per heavy atom. The second-order valence-corrected chi connectivity index (χ2v) is 8.03. The Morgan fingerprint density at radius 3 is 2.32 bits per heavy atom. The highest BCUT2D eigenvalue weighted by Gasteiger charge is 2.26. The Morgan fingerprint density at radius 1 is 1.00 bits per heavy atom. The zero-order valence-corrected chi connectivity index (χ0v) is 18.7. The fourth-order valence-corrected chi connectivity index (χ4v) is 4.13. The minimum absolute atomic E-state index is 0.0306. The zero-order chi connectivity index (χ0) is 21.7. The van der Waals surface area contributed by atoms with Crippen LogP contribution in [0.5, 0.6) is 0 Å². The average molecular weight is 425 g/mol. The number of anilines is 2. The molecular formula is C26H36N2O3. The van der Waals surface area contributed by atoms with Gasteiger partial charge in [0.1, 0.15) is 0 Å². The lowest BCUT2D eigenvalue weighted by Gasteiger charge is -2.31. The molecule has 0 aliphatic carbocycles. The van der Waals surface area contributed by atoms with E-state index in [0.29, 0.717) is 13.2 Å². The summed E-state index contributed by atoms with van der Waals surface area (Å²) in [6.45, 7) is 7.57. The monoisotopic (exact) mass is 424 g/mol. The van der Waals surface area contributed by atoms with Gasteiger partial charge in [0.15, 0.2) is 0 Å². The maximum absolute atomic E-state index is 12.0. The van der Waals surface area contributed by atoms with Crippen LogP contribution >= 0.6 is 0 Å². The molecule has 1 atom stereocenters. The molecule has 0 aromatic heterocycles. The summed E-state index contributed by atoms with van der Waals surface area (Å²) >= 11 is 0. The molecule has 1 heterocycles. The lowest BCUT2D eigenvalue weighted by atomic mass is 9.98. The third kappa shape index (κ3) is 7.67. The molecule has 5 nitrogen and oxygen atoms in total. The van der Waals surface area contributed by atoms with Crippen molar-refractivity contribution in [3.8, 4) is 0 Å². The first-order valence-corrected chi connectivity index (χ1v) is 11.6. The molecule has 0 spiro atoms. The Bertz CT molecular complexity index is 714. The van der Waals surface area contributed by atoms with Gasteiger partial charge in [0, 0.05) is 31.1 Å². The number of ether oxygens (including phenoxy) is 2. The van der Waals surface area contributed by atoms with Crippen molar-refractivity contribution in [2.45, 2.75) is 32.6 Å². The Labute approximate surface area is 187 Å². The molecule has 5 heteroatoms. The van der Waals surface area contributed by atoms with Crippen LogP contribution in [0.25, 0.3) is 0 Å². The molecule has 1 aliphatic rings. The summed E-state index contributed by atoms with van der Waals surface area (Å²) in [7, 11) is 0. The van der Waals surface area contributed by atoms with E-state index < -0.39 is 0 Å². The van der Waals surface area contributed by atoms with Crippen molar-refractivity contribution in [1.82, 2.24) is 4.90 Å². The van der Waals surface area contributed by atoms with Crippen LogP contribution in [0, 0.1) is 5.92 Å². The molecule has 1 fully saturated rings. The number of benzene rings is 2. The van der Waals surface area contributed by atoms with Gasteiger partial charge in [-0.15, -0.1) is 0 Å². The average Bonchev–Trinajstić information content (AvgIpc) is 2.82. The second kappa shape index (κ2) is 13.1. The number of carbonyl (C=O) groups is 1. The first-order chi connectivity index (χ1) is 15.3. The van der Waals surface area contributed by atoms with Gasteiger partial charge in [-0.1, -0.05) is 36.4 Å². The summed E-state index contributed by atoms with van der Waals surface area (Å²) in [5.74, 6) is 0.0174. The third-order valence-corrected chi connectivity index (χ3v) is 5.73. The van der Waals surface area contributed by atoms with Gasteiger partial charge in [-0.05, 0) is 70.0 Å². The van der Waals surface area contributed by atoms with Gasteiger partial charge in [-0.25, -0.2) is 0 Å². The standard InChI is InChI=1S/C26H36N2O3/c1-2-31-26(29)23-12-11-18-27(22-23)17-9-10-20-30-21-19-28(24-13-5-3-6-14-24)25-15-7-4-8-16-25/h3-8,13-16,23H,2,9-12,17-22H2,1H3/t23-/m1/s1. The predicted molar refractivity (Wildman–Crippen MR) is 126 cm³/mol. The topological polar surface area (TPSA) is 42.0 Å². The predicted octanol–water partition coefficient (Wildman–Crippen LogP) is 4.90. The van der Waals surface area contributed by atoms with Crippen molar-refractivity contribution in [3.63, 3.8) is 0 Å². The molecule has 2 aromatic rings. The van der Waals surface area contributed by atoms with E-state index in [1.54, 1.807) is 0 Å². The molecule has 0 bridgehead atoms. The molecule has 2 aromatic carbocycles. The van der Waals surface area contributed by atoms with Crippen molar-refractivity contribution < 1.29 is 14.3 Å². The van der Waals surface area contributed by atoms with Crippen LogP contribution in [0.2, 0.25) is 0 Å². The summed E-state index contributed by atoms with van der Waals surface area (Å²) in [5, 5.41) is 0. The molecule has 0 radical (unpaired) electrons. The van der Waals surface area contributed by atoms with E-state index in [1.165, 1.54) is 11.4 Å². The highest BCUT2D eigenvalue weighted by atomic mass is 16.5. The number of para-hydroxylation sites is 2. The van der Waals surface area contributed by atoms with Crippen LogP contribution in [0.3, 0.4) is 0 Å². The number of piperidine rings is 1. The summed E-state index contributed by atoms with van der Waals surface area (Å²) in [6.07, 6.45) is 4.17. The number of esters is 1. The van der Waals surface area contributed by atoms with Crippen LogP contribution < -0.4 is 4.90 Å². The van der Waals surface area contributed by atoms with Gasteiger partial charge in [0.05, 0.1) is 19.1 Å². The van der Waals surface area contributed by atoms with Gasteiger partial charge in [0.2, 0.25) is 0 Å². The maximum atomic E-state index is 12.0. The quantitative estimate of drug-likeness (QED) is 0.358. The number of likely N-dealkylation sites (tertiary alicyclic amines) is 1. The second-order valence-electron chi connectivity index (χ2n) is 8.03. The fourth-order valence-electron chi connectivity index (χ4n) is 4.13. The number of carbonyl (C=O) groups excluding carboxylic acids is 1. The summed E-state index contributed by atoms with van der Waals surface area (Å²) in [4.78, 5) is 16.7. The summed E-state index contributed by atoms with van der Waals surface area (Å²) < 4.78 is 11.1. The van der Waals surface area contributed by atoms with Crippen molar-refractivity contribution in [2.75, 3.05) is 50.9 Å². The molecule has 1 aliphatic heterocycles. The normalized spacial score (nSPS) is 16.7. The number of rotatable bonds is 12. The van der Waals surface area contributed by atoms with E-state index in [9.17, 15) is 4.79 Å². The van der Waals surface area contributed by atoms with Crippen molar-refractivity contribution >= 4 is 17.3 Å². The van der Waals surface area contributed by atoms with E-state index in [-0.39, 0.29) is 11.9 Å². The first-order valence-electron chi connectivity index (χ1n) is 11.6. The van der Waals surface area contributed by atoms with E-state index in [0.717, 1.165) is 58.5 Å². The number of nitrogens with zero attached hydrogens (tertiary/aromatic N) is 2. The van der Waals surface area contributed by atoms with E-state index in [1.807, 2.05) is 19.1 Å². The Hall–Kier alpha value is -2.37. The van der Waals surface area contributed by atoms with Crippen LogP contribution in [0.15, 0.2) is 60.7 Å². The van der Waals surface area contributed by atoms with Gasteiger partial charge in [0.25, 0.3) is 0 Å². The Kier molecular flexibility index (Phi) is 9.87. The molecule has 0 saturated carbocycles. The summed E-state index contributed by atoms with van der Waals surface area (Å²) in [6, 6.07) is 20.9. The summed E-state index contributed by atoms with van der Waals surface area (Å²) in [5.41, 5.74) is 2.36. The molecular weight excluding hydrogens is 388 g/mol. The van der Waals surface area contributed by atoms with Gasteiger partial charge >= 0.3 is 5.97 Å². The number of hydrogen-bond donors (Lipinski definition) is 0. The van der Waals surface area contributed by atoms with Crippen molar-refractivity contribution in [3.05, 3.63) is 60.7 Å². The number of hydrogen-bond acceptors (Lipinski definition) is 5. The van der Waals surface area contributed by atoms with E-state index in [2.05, 4.69) is 58.3 Å². The zero-order valence-electron chi connectivity index (χ0n) is 18.7. The van der Waals surface area contributed by atoms with E-state index >= 15 is 0 Å². The van der Waals surface area contributed by atoms with Gasteiger partial charge < -0.3 is 19.3 Å². The fraction of sp³-hybridized carbons (Fsp3) is 0.500. The lowest BCUT2D eigenvalue weighted by molar-refractivity contribution is -0.149. The van der Waals surface area contributed by atoms with Gasteiger partial charge in [-0.3, -0.25) is 4.79 Å². The molecule has 168 valence electrons. The molecule has 31 heavy (non-hydrogen) atoms. The minimum atomic E-state index is -0.0306.